The molecular formula is C7H14O2. The molecule has 1 aliphatic rings. The van der Waals surface area contributed by atoms with Crippen molar-refractivity contribution >= 4 is 0 Å². The summed E-state index contributed by atoms with van der Waals surface area (Å²) in [4.78, 5) is 0. The molecule has 0 spiro atoms. The monoisotopic (exact) mass is 130 g/mol. The van der Waals surface area contributed by atoms with E-state index in [0.29, 0.717) is 12.0 Å². The second kappa shape index (κ2) is 3.18. The Morgan fingerprint density at radius 3 is 2.78 bits per heavy atom. The summed E-state index contributed by atoms with van der Waals surface area (Å²) in [6.45, 7) is 3.84. The molecule has 1 saturated heterocycles. The van der Waals surface area contributed by atoms with E-state index in [0.717, 1.165) is 13.2 Å². The predicted molar refractivity (Wildman–Crippen MR) is 35.4 cm³/mol. The van der Waals surface area contributed by atoms with Crippen molar-refractivity contribution in [3.8, 4) is 0 Å². The Kier molecular flexibility index (Phi) is 2.49. The van der Waals surface area contributed by atoms with Crippen LogP contribution in [0.25, 0.3) is 0 Å². The third-order valence-electron chi connectivity index (χ3n) is 1.97. The van der Waals surface area contributed by atoms with E-state index >= 15 is 0 Å². The van der Waals surface area contributed by atoms with Crippen molar-refractivity contribution in [3.05, 3.63) is 0 Å². The van der Waals surface area contributed by atoms with Crippen molar-refractivity contribution in [2.24, 2.45) is 5.92 Å². The van der Waals surface area contributed by atoms with Crippen LogP contribution in [0.5, 0.6) is 0 Å². The standard InChI is InChI=1S/C7H14O2/c1-3-6-4-9-5-7(6)8-2/h6-7H,3-5H2,1-2H3/t6-,7-/m1/s1. The van der Waals surface area contributed by atoms with Gasteiger partial charge in [0.15, 0.2) is 0 Å². The van der Waals surface area contributed by atoms with E-state index in [4.69, 9.17) is 9.47 Å². The van der Waals surface area contributed by atoms with Crippen molar-refractivity contribution in [2.45, 2.75) is 19.4 Å². The quantitative estimate of drug-likeness (QED) is 0.556. The molecule has 0 bridgehead atoms. The van der Waals surface area contributed by atoms with Crippen LogP contribution in [0, 0.1) is 5.92 Å². The van der Waals surface area contributed by atoms with Crippen molar-refractivity contribution in [3.63, 3.8) is 0 Å². The minimum Gasteiger partial charge on any atom is -0.379 e. The normalized spacial score (nSPS) is 35.3. The number of methoxy groups -OCH3 is 1. The average Bonchev–Trinajstić information content (AvgIpc) is 2.33. The zero-order valence-corrected chi connectivity index (χ0v) is 6.09. The molecule has 0 aliphatic carbocycles. The molecule has 0 saturated carbocycles. The largest absolute Gasteiger partial charge is 0.379 e. The maximum Gasteiger partial charge on any atom is 0.0854 e. The van der Waals surface area contributed by atoms with Crippen molar-refractivity contribution in [2.75, 3.05) is 20.3 Å². The first kappa shape index (κ1) is 7.03. The van der Waals surface area contributed by atoms with Crippen LogP contribution in [0.1, 0.15) is 13.3 Å². The van der Waals surface area contributed by atoms with E-state index in [1.165, 1.54) is 6.42 Å². The summed E-state index contributed by atoms with van der Waals surface area (Å²) in [6.07, 6.45) is 1.52. The van der Waals surface area contributed by atoms with Gasteiger partial charge in [0, 0.05) is 13.0 Å². The highest BCUT2D eigenvalue weighted by atomic mass is 16.5. The van der Waals surface area contributed by atoms with Crippen molar-refractivity contribution in [1.29, 1.82) is 0 Å². The van der Waals surface area contributed by atoms with E-state index in [9.17, 15) is 0 Å². The lowest BCUT2D eigenvalue weighted by Gasteiger charge is -2.12. The summed E-state index contributed by atoms with van der Waals surface area (Å²) in [5.74, 6) is 0.634. The minimum absolute atomic E-state index is 0.356. The fraction of sp³-hybridized carbons (Fsp3) is 1.00. The SMILES string of the molecule is CC[C@@H]1COC[C@H]1OC. The van der Waals surface area contributed by atoms with Gasteiger partial charge in [0.1, 0.15) is 0 Å². The molecule has 0 aromatic heterocycles. The molecule has 0 unspecified atom stereocenters. The third kappa shape index (κ3) is 1.43. The van der Waals surface area contributed by atoms with Crippen LogP contribution in [0.3, 0.4) is 0 Å². The highest BCUT2D eigenvalue weighted by Gasteiger charge is 2.25. The van der Waals surface area contributed by atoms with Gasteiger partial charge in [0.05, 0.1) is 19.3 Å². The summed E-state index contributed by atoms with van der Waals surface area (Å²) in [5, 5.41) is 0. The third-order valence-corrected chi connectivity index (χ3v) is 1.97. The molecule has 0 N–H and O–H groups in total. The Balaban J connectivity index is 2.32. The summed E-state index contributed by atoms with van der Waals surface area (Å²) < 4.78 is 10.4. The highest BCUT2D eigenvalue weighted by molar-refractivity contribution is 4.73. The molecule has 2 nitrogen and oxygen atoms in total. The van der Waals surface area contributed by atoms with Crippen LogP contribution in [-0.2, 0) is 9.47 Å². The molecule has 0 amide bonds. The first-order valence-corrected chi connectivity index (χ1v) is 3.49. The van der Waals surface area contributed by atoms with E-state index < -0.39 is 0 Å². The Morgan fingerprint density at radius 2 is 2.33 bits per heavy atom. The van der Waals surface area contributed by atoms with Crippen LogP contribution < -0.4 is 0 Å². The van der Waals surface area contributed by atoms with Gasteiger partial charge in [0.2, 0.25) is 0 Å². The fourth-order valence-corrected chi connectivity index (χ4v) is 1.22. The smallest absolute Gasteiger partial charge is 0.0854 e. The van der Waals surface area contributed by atoms with Gasteiger partial charge in [-0.05, 0) is 6.42 Å². The van der Waals surface area contributed by atoms with Crippen LogP contribution in [0.4, 0.5) is 0 Å². The maximum absolute atomic E-state index is 5.23. The van der Waals surface area contributed by atoms with Crippen LogP contribution in [0.15, 0.2) is 0 Å². The van der Waals surface area contributed by atoms with Gasteiger partial charge < -0.3 is 9.47 Å². The fourth-order valence-electron chi connectivity index (χ4n) is 1.22. The molecule has 2 heteroatoms. The van der Waals surface area contributed by atoms with Gasteiger partial charge in [0.25, 0.3) is 0 Å². The van der Waals surface area contributed by atoms with E-state index in [-0.39, 0.29) is 0 Å². The lowest BCUT2D eigenvalue weighted by Crippen LogP contribution is -2.19. The first-order valence-electron chi connectivity index (χ1n) is 3.49. The summed E-state index contributed by atoms with van der Waals surface area (Å²) in [6, 6.07) is 0. The minimum atomic E-state index is 0.356. The van der Waals surface area contributed by atoms with Gasteiger partial charge in [-0.15, -0.1) is 0 Å². The van der Waals surface area contributed by atoms with Crippen molar-refractivity contribution < 1.29 is 9.47 Å². The van der Waals surface area contributed by atoms with E-state index in [2.05, 4.69) is 6.92 Å². The first-order chi connectivity index (χ1) is 4.38. The zero-order valence-electron chi connectivity index (χ0n) is 6.09. The molecule has 1 aliphatic heterocycles. The number of hydrogen-bond acceptors (Lipinski definition) is 2. The number of hydrogen-bond donors (Lipinski definition) is 0. The van der Waals surface area contributed by atoms with E-state index in [1.807, 2.05) is 0 Å². The predicted octanol–water partition coefficient (Wildman–Crippen LogP) is 1.06. The molecule has 0 radical (unpaired) electrons. The van der Waals surface area contributed by atoms with Gasteiger partial charge in [-0.2, -0.15) is 0 Å². The molecular weight excluding hydrogens is 116 g/mol. The average molecular weight is 130 g/mol. The molecule has 0 aromatic carbocycles. The van der Waals surface area contributed by atoms with Gasteiger partial charge in [-0.1, -0.05) is 6.92 Å². The zero-order chi connectivity index (χ0) is 6.69. The molecule has 1 heterocycles. The topological polar surface area (TPSA) is 18.5 Å². The molecule has 9 heavy (non-hydrogen) atoms. The molecule has 1 fully saturated rings. The van der Waals surface area contributed by atoms with Crippen molar-refractivity contribution in [1.82, 2.24) is 0 Å². The Labute approximate surface area is 56.2 Å². The van der Waals surface area contributed by atoms with Gasteiger partial charge in [-0.25, -0.2) is 0 Å². The maximum atomic E-state index is 5.23. The van der Waals surface area contributed by atoms with Gasteiger partial charge >= 0.3 is 0 Å². The molecule has 54 valence electrons. The summed E-state index contributed by atoms with van der Waals surface area (Å²) in [7, 11) is 1.75. The summed E-state index contributed by atoms with van der Waals surface area (Å²) in [5.41, 5.74) is 0. The molecule has 1 rings (SSSR count). The second-order valence-electron chi connectivity index (χ2n) is 2.48. The number of ether oxygens (including phenoxy) is 2. The van der Waals surface area contributed by atoms with Crippen LogP contribution in [0.2, 0.25) is 0 Å². The molecule has 0 aromatic rings. The van der Waals surface area contributed by atoms with E-state index in [1.54, 1.807) is 7.11 Å². The lowest BCUT2D eigenvalue weighted by molar-refractivity contribution is 0.0659. The highest BCUT2D eigenvalue weighted by Crippen LogP contribution is 2.18. The lowest BCUT2D eigenvalue weighted by atomic mass is 10.0. The Hall–Kier alpha value is -0.0800. The Bertz CT molecular complexity index is 73.0. The van der Waals surface area contributed by atoms with Crippen LogP contribution >= 0.6 is 0 Å². The number of rotatable bonds is 2. The van der Waals surface area contributed by atoms with Gasteiger partial charge in [-0.3, -0.25) is 0 Å². The molecule has 2 atom stereocenters. The second-order valence-corrected chi connectivity index (χ2v) is 2.48. The Morgan fingerprint density at radius 1 is 1.56 bits per heavy atom. The summed E-state index contributed by atoms with van der Waals surface area (Å²) >= 11 is 0. The van der Waals surface area contributed by atoms with Crippen LogP contribution in [-0.4, -0.2) is 26.4 Å².